The molecule has 7 heteroatoms. The number of rotatable bonds is 3. The van der Waals surface area contributed by atoms with Crippen molar-refractivity contribution in [2.24, 2.45) is 5.11 Å². The third-order valence-corrected chi connectivity index (χ3v) is 2.00. The van der Waals surface area contributed by atoms with Gasteiger partial charge in [0, 0.05) is 4.91 Å². The van der Waals surface area contributed by atoms with Gasteiger partial charge in [-0.2, -0.15) is 0 Å². The van der Waals surface area contributed by atoms with Crippen LogP contribution in [0.5, 0.6) is 0 Å². The van der Waals surface area contributed by atoms with Crippen molar-refractivity contribution in [3.05, 3.63) is 10.4 Å². The number of ether oxygens (including phenoxy) is 3. The van der Waals surface area contributed by atoms with Crippen LogP contribution in [0, 0.1) is 0 Å². The zero-order chi connectivity index (χ0) is 11.5. The molecule has 1 unspecified atom stereocenters. The van der Waals surface area contributed by atoms with Gasteiger partial charge in [-0.15, -0.1) is 0 Å². The first-order valence-corrected chi connectivity index (χ1v) is 4.44. The molecule has 84 valence electrons. The zero-order valence-corrected chi connectivity index (χ0v) is 8.84. The summed E-state index contributed by atoms with van der Waals surface area (Å²) < 4.78 is 15.2. The molecule has 0 saturated carbocycles. The Morgan fingerprint density at radius 3 is 2.80 bits per heavy atom. The lowest BCUT2D eigenvalue weighted by Gasteiger charge is -2.19. The van der Waals surface area contributed by atoms with Crippen LogP contribution in [-0.4, -0.2) is 37.6 Å². The maximum absolute atomic E-state index is 11.3. The Kier molecular flexibility index (Phi) is 3.52. The molecule has 0 aromatic rings. The number of azide groups is 1. The van der Waals surface area contributed by atoms with Crippen LogP contribution >= 0.6 is 0 Å². The van der Waals surface area contributed by atoms with E-state index in [-0.39, 0.29) is 6.61 Å². The average molecular weight is 215 g/mol. The Bertz CT molecular complexity index is 298. The van der Waals surface area contributed by atoms with Crippen molar-refractivity contribution in [3.63, 3.8) is 0 Å². The monoisotopic (exact) mass is 215 g/mol. The Hall–Kier alpha value is -1.30. The minimum atomic E-state index is -0.998. The average Bonchev–Trinajstić information content (AvgIpc) is 2.54. The van der Waals surface area contributed by atoms with Crippen molar-refractivity contribution in [2.75, 3.05) is 13.7 Å². The van der Waals surface area contributed by atoms with Crippen molar-refractivity contribution in [1.29, 1.82) is 0 Å². The Morgan fingerprint density at radius 2 is 2.40 bits per heavy atom. The molecule has 7 nitrogen and oxygen atoms in total. The molecule has 1 aliphatic rings. The molecular weight excluding hydrogens is 202 g/mol. The fourth-order valence-corrected chi connectivity index (χ4v) is 1.32. The lowest BCUT2D eigenvalue weighted by atomic mass is 10.2. The number of esters is 1. The van der Waals surface area contributed by atoms with E-state index in [9.17, 15) is 4.79 Å². The molecule has 0 aromatic heterocycles. The molecule has 0 bridgehead atoms. The lowest BCUT2D eigenvalue weighted by molar-refractivity contribution is -0.155. The smallest absolute Gasteiger partial charge is 0.317 e. The van der Waals surface area contributed by atoms with Gasteiger partial charge in [0.15, 0.2) is 11.8 Å². The summed E-state index contributed by atoms with van der Waals surface area (Å²) in [7, 11) is 1.23. The Balaban J connectivity index is 2.74. The number of hydrogen-bond donors (Lipinski definition) is 0. The predicted octanol–water partition coefficient (Wildman–Crippen LogP) is 0.990. The minimum absolute atomic E-state index is 0.200. The summed E-state index contributed by atoms with van der Waals surface area (Å²) in [6.07, 6.45) is -0.594. The van der Waals surface area contributed by atoms with Gasteiger partial charge in [0.05, 0.1) is 13.7 Å². The van der Waals surface area contributed by atoms with Crippen LogP contribution in [0.2, 0.25) is 0 Å². The van der Waals surface area contributed by atoms with Gasteiger partial charge in [-0.3, -0.25) is 4.79 Å². The van der Waals surface area contributed by atoms with Crippen LogP contribution in [0.1, 0.15) is 13.8 Å². The fourth-order valence-electron chi connectivity index (χ4n) is 1.32. The molecule has 0 N–H and O–H groups in total. The first kappa shape index (κ1) is 11.8. The highest BCUT2D eigenvalue weighted by atomic mass is 16.7. The molecule has 0 spiro atoms. The quantitative estimate of drug-likeness (QED) is 0.303. The van der Waals surface area contributed by atoms with E-state index in [1.807, 2.05) is 0 Å². The molecule has 1 fully saturated rings. The largest absolute Gasteiger partial charge is 0.469 e. The lowest BCUT2D eigenvalue weighted by Crippen LogP contribution is -2.36. The molecule has 1 heterocycles. The van der Waals surface area contributed by atoms with Crippen LogP contribution in [0.15, 0.2) is 5.11 Å². The highest BCUT2D eigenvalue weighted by Gasteiger charge is 2.40. The topological polar surface area (TPSA) is 93.5 Å². The second-order valence-electron chi connectivity index (χ2n) is 3.54. The van der Waals surface area contributed by atoms with Crippen LogP contribution in [-0.2, 0) is 19.0 Å². The van der Waals surface area contributed by atoms with Gasteiger partial charge >= 0.3 is 5.97 Å². The highest BCUT2D eigenvalue weighted by molar-refractivity contribution is 5.76. The molecule has 0 amide bonds. The zero-order valence-electron chi connectivity index (χ0n) is 8.84. The summed E-state index contributed by atoms with van der Waals surface area (Å²) in [6, 6.07) is -0.998. The molecule has 0 radical (unpaired) electrons. The van der Waals surface area contributed by atoms with Gasteiger partial charge in [0.1, 0.15) is 6.10 Å². The van der Waals surface area contributed by atoms with E-state index in [1.165, 1.54) is 7.11 Å². The van der Waals surface area contributed by atoms with E-state index in [2.05, 4.69) is 14.8 Å². The molecule has 0 aliphatic carbocycles. The van der Waals surface area contributed by atoms with E-state index < -0.39 is 23.9 Å². The van der Waals surface area contributed by atoms with E-state index in [1.54, 1.807) is 13.8 Å². The SMILES string of the molecule is COC(=O)C(N=[N+]=[N-])[C@@H]1COC(C)(C)O1. The number of nitrogens with zero attached hydrogens (tertiary/aromatic N) is 3. The van der Waals surface area contributed by atoms with Gasteiger partial charge < -0.3 is 14.2 Å². The van der Waals surface area contributed by atoms with Gasteiger partial charge in [0.25, 0.3) is 0 Å². The maximum atomic E-state index is 11.3. The minimum Gasteiger partial charge on any atom is -0.469 e. The number of methoxy groups -OCH3 is 1. The van der Waals surface area contributed by atoms with E-state index in [0.717, 1.165) is 0 Å². The molecule has 1 aliphatic heterocycles. The summed E-state index contributed by atoms with van der Waals surface area (Å²) in [6.45, 7) is 3.64. The second-order valence-corrected chi connectivity index (χ2v) is 3.54. The summed E-state index contributed by atoms with van der Waals surface area (Å²) in [4.78, 5) is 13.9. The van der Waals surface area contributed by atoms with Gasteiger partial charge in [-0.1, -0.05) is 5.11 Å². The summed E-state index contributed by atoms with van der Waals surface area (Å²) in [5.74, 6) is -1.39. The summed E-state index contributed by atoms with van der Waals surface area (Å²) >= 11 is 0. The normalized spacial score (nSPS) is 25.4. The van der Waals surface area contributed by atoms with E-state index in [4.69, 9.17) is 15.0 Å². The van der Waals surface area contributed by atoms with Crippen molar-refractivity contribution in [1.82, 2.24) is 0 Å². The van der Waals surface area contributed by atoms with Crippen LogP contribution in [0.3, 0.4) is 0 Å². The number of carbonyl (C=O) groups is 1. The first-order valence-electron chi connectivity index (χ1n) is 4.44. The Labute approximate surface area is 86.9 Å². The van der Waals surface area contributed by atoms with E-state index >= 15 is 0 Å². The standard InChI is InChI=1S/C8H13N3O4/c1-8(2)14-4-5(15-8)6(10-11-9)7(12)13-3/h5-6H,4H2,1-3H3/t5-,6?/m0/s1. The third kappa shape index (κ3) is 2.82. The molecule has 1 saturated heterocycles. The third-order valence-electron chi connectivity index (χ3n) is 2.00. The van der Waals surface area contributed by atoms with Crippen LogP contribution < -0.4 is 0 Å². The van der Waals surface area contributed by atoms with Gasteiger partial charge in [0.2, 0.25) is 0 Å². The number of carbonyl (C=O) groups excluding carboxylic acids is 1. The Morgan fingerprint density at radius 1 is 1.73 bits per heavy atom. The number of hydrogen-bond acceptors (Lipinski definition) is 5. The van der Waals surface area contributed by atoms with Crippen molar-refractivity contribution >= 4 is 5.97 Å². The van der Waals surface area contributed by atoms with Gasteiger partial charge in [-0.05, 0) is 19.4 Å². The fraction of sp³-hybridized carbons (Fsp3) is 0.875. The van der Waals surface area contributed by atoms with Gasteiger partial charge in [-0.25, -0.2) is 0 Å². The van der Waals surface area contributed by atoms with Crippen molar-refractivity contribution in [3.8, 4) is 0 Å². The van der Waals surface area contributed by atoms with Crippen LogP contribution in [0.25, 0.3) is 10.4 Å². The molecule has 0 aromatic carbocycles. The molecule has 2 atom stereocenters. The van der Waals surface area contributed by atoms with Crippen LogP contribution in [0.4, 0.5) is 0 Å². The molecule has 1 rings (SSSR count). The maximum Gasteiger partial charge on any atom is 0.317 e. The van der Waals surface area contributed by atoms with Crippen molar-refractivity contribution in [2.45, 2.75) is 31.8 Å². The van der Waals surface area contributed by atoms with E-state index in [0.29, 0.717) is 0 Å². The molecule has 15 heavy (non-hydrogen) atoms. The first-order chi connectivity index (χ1) is 7.00. The van der Waals surface area contributed by atoms with Crippen molar-refractivity contribution < 1.29 is 19.0 Å². The highest BCUT2D eigenvalue weighted by Crippen LogP contribution is 2.25. The summed E-state index contributed by atoms with van der Waals surface area (Å²) in [5, 5.41) is 3.34. The predicted molar refractivity (Wildman–Crippen MR) is 49.9 cm³/mol. The summed E-state index contributed by atoms with van der Waals surface area (Å²) in [5.41, 5.74) is 8.33. The second kappa shape index (κ2) is 4.48. The molecular formula is C8H13N3O4.